The van der Waals surface area contributed by atoms with Crippen LogP contribution in [-0.2, 0) is 6.54 Å². The van der Waals surface area contributed by atoms with E-state index in [2.05, 4.69) is 0 Å². The molecule has 0 spiro atoms. The highest BCUT2D eigenvalue weighted by atomic mass is 16.5. The summed E-state index contributed by atoms with van der Waals surface area (Å²) in [5, 5.41) is 29.5. The van der Waals surface area contributed by atoms with Gasteiger partial charge in [0.2, 0.25) is 11.8 Å². The van der Waals surface area contributed by atoms with Gasteiger partial charge in [-0.05, 0) is 13.0 Å². The lowest BCUT2D eigenvalue weighted by Crippen LogP contribution is -2.09. The predicted molar refractivity (Wildman–Crippen MR) is 69.3 cm³/mol. The van der Waals surface area contributed by atoms with Gasteiger partial charge in [0.1, 0.15) is 11.9 Å². The topological polar surface area (TPSA) is 74.9 Å². The van der Waals surface area contributed by atoms with Gasteiger partial charge >= 0.3 is 0 Å². The summed E-state index contributed by atoms with van der Waals surface area (Å²) in [6, 6.07) is 7.37. The lowest BCUT2D eigenvalue weighted by molar-refractivity contribution is 0.215. The molecule has 0 saturated heterocycles. The fourth-order valence-electron chi connectivity index (χ4n) is 2.60. The SMILES string of the molecule is CC1Oc2ccccc2-c2c1c(O)n(CCO)c2O. The van der Waals surface area contributed by atoms with Crippen LogP contribution < -0.4 is 4.74 Å². The molecule has 1 aromatic carbocycles. The molecular weight excluding hydrogens is 246 g/mol. The molecule has 1 aromatic heterocycles. The first kappa shape index (κ1) is 11.9. The Kier molecular flexibility index (Phi) is 2.64. The Morgan fingerprint density at radius 1 is 1.21 bits per heavy atom. The van der Waals surface area contributed by atoms with E-state index in [0.29, 0.717) is 16.9 Å². The molecule has 2 aromatic rings. The minimum Gasteiger partial charge on any atom is -0.494 e. The molecule has 0 bridgehead atoms. The highest BCUT2D eigenvalue weighted by Crippen LogP contribution is 2.51. The summed E-state index contributed by atoms with van der Waals surface area (Å²) >= 11 is 0. The maximum atomic E-state index is 10.3. The van der Waals surface area contributed by atoms with E-state index in [9.17, 15) is 10.2 Å². The lowest BCUT2D eigenvalue weighted by Gasteiger charge is -2.23. The van der Waals surface area contributed by atoms with Crippen LogP contribution in [-0.4, -0.2) is 26.5 Å². The highest BCUT2D eigenvalue weighted by molar-refractivity contribution is 5.82. The van der Waals surface area contributed by atoms with Crippen molar-refractivity contribution in [3.63, 3.8) is 0 Å². The standard InChI is InChI=1S/C14H15NO4/c1-8-11-12(9-4-2-3-5-10(9)19-8)14(18)15(6-7-16)13(11)17/h2-5,8,16-18H,6-7H2,1H3. The molecule has 5 nitrogen and oxygen atoms in total. The van der Waals surface area contributed by atoms with Crippen molar-refractivity contribution in [2.45, 2.75) is 19.6 Å². The van der Waals surface area contributed by atoms with Gasteiger partial charge in [-0.1, -0.05) is 18.2 Å². The number of ether oxygens (including phenoxy) is 1. The molecule has 1 aliphatic rings. The van der Waals surface area contributed by atoms with E-state index in [1.165, 1.54) is 4.57 Å². The van der Waals surface area contributed by atoms with Crippen LogP contribution in [0.5, 0.6) is 17.5 Å². The van der Waals surface area contributed by atoms with E-state index < -0.39 is 0 Å². The summed E-state index contributed by atoms with van der Waals surface area (Å²) in [5.41, 5.74) is 1.89. The summed E-state index contributed by atoms with van der Waals surface area (Å²) < 4.78 is 7.04. The van der Waals surface area contributed by atoms with E-state index in [1.54, 1.807) is 0 Å². The molecule has 5 heteroatoms. The van der Waals surface area contributed by atoms with E-state index in [-0.39, 0.29) is 31.0 Å². The molecule has 0 amide bonds. The molecule has 3 rings (SSSR count). The number of nitrogens with zero attached hydrogens (tertiary/aromatic N) is 1. The quantitative estimate of drug-likeness (QED) is 0.773. The summed E-state index contributed by atoms with van der Waals surface area (Å²) in [6.07, 6.45) is -0.351. The first-order chi connectivity index (χ1) is 9.15. The zero-order chi connectivity index (χ0) is 13.6. The summed E-state index contributed by atoms with van der Waals surface area (Å²) in [4.78, 5) is 0. The molecular formula is C14H15NO4. The number of aliphatic hydroxyl groups is 1. The second-order valence-corrected chi connectivity index (χ2v) is 4.57. The van der Waals surface area contributed by atoms with Crippen molar-refractivity contribution in [2.75, 3.05) is 6.61 Å². The average molecular weight is 261 g/mol. The number of aliphatic hydroxyl groups excluding tert-OH is 1. The van der Waals surface area contributed by atoms with Crippen LogP contribution in [0.15, 0.2) is 24.3 Å². The number of aromatic nitrogens is 1. The van der Waals surface area contributed by atoms with Crippen LogP contribution in [0.25, 0.3) is 11.1 Å². The third-order valence-corrected chi connectivity index (χ3v) is 3.44. The van der Waals surface area contributed by atoms with Gasteiger partial charge in [0.25, 0.3) is 0 Å². The Labute approximate surface area is 110 Å². The molecule has 0 fully saturated rings. The maximum absolute atomic E-state index is 10.3. The van der Waals surface area contributed by atoms with Crippen LogP contribution in [0.2, 0.25) is 0 Å². The van der Waals surface area contributed by atoms with Crippen molar-refractivity contribution in [2.24, 2.45) is 0 Å². The van der Waals surface area contributed by atoms with Gasteiger partial charge in [0.05, 0.1) is 24.3 Å². The number of hydrogen-bond donors (Lipinski definition) is 3. The molecule has 1 atom stereocenters. The predicted octanol–water partition coefficient (Wildman–Crippen LogP) is 2.01. The van der Waals surface area contributed by atoms with Gasteiger partial charge in [-0.2, -0.15) is 0 Å². The van der Waals surface area contributed by atoms with Crippen LogP contribution in [0.1, 0.15) is 18.6 Å². The van der Waals surface area contributed by atoms with Crippen molar-refractivity contribution in [1.82, 2.24) is 4.57 Å². The van der Waals surface area contributed by atoms with Crippen LogP contribution in [0.3, 0.4) is 0 Å². The number of fused-ring (bicyclic) bond motifs is 3. The van der Waals surface area contributed by atoms with Gasteiger partial charge < -0.3 is 20.1 Å². The summed E-state index contributed by atoms with van der Waals surface area (Å²) in [6.45, 7) is 1.79. The lowest BCUT2D eigenvalue weighted by atomic mass is 9.97. The second kappa shape index (κ2) is 4.20. The highest BCUT2D eigenvalue weighted by Gasteiger charge is 2.33. The smallest absolute Gasteiger partial charge is 0.202 e. The zero-order valence-electron chi connectivity index (χ0n) is 10.5. The molecule has 0 saturated carbocycles. The summed E-state index contributed by atoms with van der Waals surface area (Å²) in [5.74, 6) is 0.589. The molecule has 19 heavy (non-hydrogen) atoms. The molecule has 3 N–H and O–H groups in total. The molecule has 0 radical (unpaired) electrons. The molecule has 2 heterocycles. The molecule has 1 unspecified atom stereocenters. The van der Waals surface area contributed by atoms with Gasteiger partial charge in [-0.15, -0.1) is 0 Å². The summed E-state index contributed by atoms with van der Waals surface area (Å²) in [7, 11) is 0. The third kappa shape index (κ3) is 1.58. The number of rotatable bonds is 2. The minimum absolute atomic E-state index is 0.0378. The van der Waals surface area contributed by atoms with E-state index >= 15 is 0 Å². The normalized spacial score (nSPS) is 16.6. The molecule has 0 aliphatic carbocycles. The van der Waals surface area contributed by atoms with Crippen LogP contribution in [0, 0.1) is 0 Å². The Balaban J connectivity index is 2.29. The zero-order valence-corrected chi connectivity index (χ0v) is 10.5. The van der Waals surface area contributed by atoms with Crippen LogP contribution in [0.4, 0.5) is 0 Å². The maximum Gasteiger partial charge on any atom is 0.202 e. The van der Waals surface area contributed by atoms with Gasteiger partial charge in [0, 0.05) is 5.56 Å². The number of para-hydroxylation sites is 1. The van der Waals surface area contributed by atoms with Gasteiger partial charge in [0.15, 0.2) is 0 Å². The first-order valence-electron chi connectivity index (χ1n) is 6.16. The largest absolute Gasteiger partial charge is 0.494 e. The number of hydrogen-bond acceptors (Lipinski definition) is 4. The van der Waals surface area contributed by atoms with E-state index in [4.69, 9.17) is 9.84 Å². The average Bonchev–Trinajstić information content (AvgIpc) is 2.65. The monoisotopic (exact) mass is 261 g/mol. The van der Waals surface area contributed by atoms with Gasteiger partial charge in [-0.25, -0.2) is 0 Å². The third-order valence-electron chi connectivity index (χ3n) is 3.44. The Hall–Kier alpha value is -2.14. The van der Waals surface area contributed by atoms with Crippen LogP contribution >= 0.6 is 0 Å². The molecule has 100 valence electrons. The van der Waals surface area contributed by atoms with Gasteiger partial charge in [-0.3, -0.25) is 4.57 Å². The minimum atomic E-state index is -0.351. The fourth-order valence-corrected chi connectivity index (χ4v) is 2.60. The van der Waals surface area contributed by atoms with Crippen molar-refractivity contribution in [1.29, 1.82) is 0 Å². The number of benzene rings is 1. The van der Waals surface area contributed by atoms with Crippen molar-refractivity contribution >= 4 is 0 Å². The Morgan fingerprint density at radius 2 is 1.95 bits per heavy atom. The number of aromatic hydroxyl groups is 2. The fraction of sp³-hybridized carbons (Fsp3) is 0.286. The van der Waals surface area contributed by atoms with E-state index in [0.717, 1.165) is 5.56 Å². The second-order valence-electron chi connectivity index (χ2n) is 4.57. The Bertz CT molecular complexity index is 633. The van der Waals surface area contributed by atoms with Crippen molar-refractivity contribution < 1.29 is 20.1 Å². The van der Waals surface area contributed by atoms with E-state index in [1.807, 2.05) is 31.2 Å². The Morgan fingerprint density at radius 3 is 2.68 bits per heavy atom. The molecule has 1 aliphatic heterocycles. The van der Waals surface area contributed by atoms with Crippen molar-refractivity contribution in [3.8, 4) is 28.6 Å². The first-order valence-corrected chi connectivity index (χ1v) is 6.16. The van der Waals surface area contributed by atoms with Crippen molar-refractivity contribution in [3.05, 3.63) is 29.8 Å².